The average molecular weight is 329 g/mol. The Morgan fingerprint density at radius 2 is 1.80 bits per heavy atom. The Kier molecular flexibility index (Phi) is 6.52. The zero-order chi connectivity index (χ0) is 14.7. The molecule has 1 aromatic rings. The van der Waals surface area contributed by atoms with Crippen molar-refractivity contribution in [2.24, 2.45) is 5.73 Å². The fourth-order valence-electron chi connectivity index (χ4n) is 1.24. The summed E-state index contributed by atoms with van der Waals surface area (Å²) in [4.78, 5) is 11.6. The smallest absolute Gasteiger partial charge is 0.277 e. The highest BCUT2D eigenvalue weighted by Crippen LogP contribution is 2.12. The number of nitrogens with two attached hydrogens (primary N) is 1. The van der Waals surface area contributed by atoms with E-state index < -0.39 is 34.8 Å². The molecule has 0 atom stereocenters. The molecule has 5 nitrogen and oxygen atoms in total. The Morgan fingerprint density at radius 1 is 1.30 bits per heavy atom. The molecule has 0 unspecified atom stereocenters. The Labute approximate surface area is 121 Å². The van der Waals surface area contributed by atoms with E-state index in [1.54, 1.807) is 0 Å². The predicted molar refractivity (Wildman–Crippen MR) is 73.1 cm³/mol. The molecule has 0 heterocycles. The first-order chi connectivity index (χ1) is 8.65. The van der Waals surface area contributed by atoms with E-state index in [1.807, 2.05) is 5.32 Å². The van der Waals surface area contributed by atoms with E-state index in [0.717, 1.165) is 6.26 Å². The molecule has 1 amide bonds. The van der Waals surface area contributed by atoms with Gasteiger partial charge in [0, 0.05) is 11.8 Å². The van der Waals surface area contributed by atoms with Gasteiger partial charge < -0.3 is 11.1 Å². The Balaban J connectivity index is 0.00000361. The highest BCUT2D eigenvalue weighted by atomic mass is 35.5. The minimum atomic E-state index is -3.35. The number of halogens is 3. The van der Waals surface area contributed by atoms with Crippen molar-refractivity contribution in [2.45, 2.75) is 10.8 Å². The summed E-state index contributed by atoms with van der Waals surface area (Å²) in [7, 11) is -3.35. The van der Waals surface area contributed by atoms with Gasteiger partial charge in [-0.25, -0.2) is 17.2 Å². The standard InChI is InChI=1S/C11H14F2N2O3S.ClH/c1-19(17,18)9-4-2-8(3-5-9)10(16)15-7-11(12,13)6-14;/h2-5H,6-7,14H2,1H3,(H,15,16);1H. The molecule has 0 saturated heterocycles. The van der Waals surface area contributed by atoms with Gasteiger partial charge in [-0.3, -0.25) is 4.79 Å². The Bertz CT molecular complexity index is 562. The quantitative estimate of drug-likeness (QED) is 0.838. The van der Waals surface area contributed by atoms with Crippen LogP contribution in [-0.2, 0) is 9.84 Å². The van der Waals surface area contributed by atoms with Crippen molar-refractivity contribution in [3.05, 3.63) is 29.8 Å². The van der Waals surface area contributed by atoms with E-state index in [1.165, 1.54) is 24.3 Å². The summed E-state index contributed by atoms with van der Waals surface area (Å²) in [5.41, 5.74) is 4.93. The number of nitrogens with one attached hydrogen (secondary N) is 1. The third-order valence-electron chi connectivity index (χ3n) is 2.35. The van der Waals surface area contributed by atoms with Crippen molar-refractivity contribution in [3.8, 4) is 0 Å². The molecule has 9 heteroatoms. The SMILES string of the molecule is CS(=O)(=O)c1ccc(C(=O)NCC(F)(F)CN)cc1.Cl. The van der Waals surface area contributed by atoms with Crippen molar-refractivity contribution in [1.82, 2.24) is 5.32 Å². The van der Waals surface area contributed by atoms with Crippen LogP contribution in [0.1, 0.15) is 10.4 Å². The lowest BCUT2D eigenvalue weighted by atomic mass is 10.2. The third-order valence-corrected chi connectivity index (χ3v) is 3.48. The van der Waals surface area contributed by atoms with Gasteiger partial charge in [-0.2, -0.15) is 0 Å². The number of rotatable bonds is 5. The fraction of sp³-hybridized carbons (Fsp3) is 0.364. The molecular formula is C11H15ClF2N2O3S. The van der Waals surface area contributed by atoms with Crippen molar-refractivity contribution < 1.29 is 22.0 Å². The van der Waals surface area contributed by atoms with Crippen LogP contribution < -0.4 is 11.1 Å². The first-order valence-corrected chi connectivity index (χ1v) is 7.21. The van der Waals surface area contributed by atoms with Crippen molar-refractivity contribution >= 4 is 28.2 Å². The highest BCUT2D eigenvalue weighted by Gasteiger charge is 2.27. The second-order valence-corrected chi connectivity index (χ2v) is 6.06. The lowest BCUT2D eigenvalue weighted by molar-refractivity contribution is 0.0118. The van der Waals surface area contributed by atoms with Crippen molar-refractivity contribution in [2.75, 3.05) is 19.3 Å². The second-order valence-electron chi connectivity index (χ2n) is 4.04. The van der Waals surface area contributed by atoms with Gasteiger partial charge in [0.05, 0.1) is 18.0 Å². The van der Waals surface area contributed by atoms with Crippen LogP contribution in [0.2, 0.25) is 0 Å². The average Bonchev–Trinajstić information content (AvgIpc) is 2.35. The maximum Gasteiger partial charge on any atom is 0.277 e. The molecule has 0 radical (unpaired) electrons. The summed E-state index contributed by atoms with van der Waals surface area (Å²) in [5, 5.41) is 2.03. The lowest BCUT2D eigenvalue weighted by Gasteiger charge is -2.14. The van der Waals surface area contributed by atoms with Crippen LogP contribution in [0.4, 0.5) is 8.78 Å². The van der Waals surface area contributed by atoms with Gasteiger partial charge in [-0.15, -0.1) is 12.4 Å². The fourth-order valence-corrected chi connectivity index (χ4v) is 1.87. The summed E-state index contributed by atoms with van der Waals surface area (Å²) in [6, 6.07) is 5.00. The molecule has 20 heavy (non-hydrogen) atoms. The zero-order valence-corrected chi connectivity index (χ0v) is 12.2. The first kappa shape index (κ1) is 18.8. The van der Waals surface area contributed by atoms with E-state index in [4.69, 9.17) is 5.73 Å². The summed E-state index contributed by atoms with van der Waals surface area (Å²) in [6.07, 6.45) is 1.03. The van der Waals surface area contributed by atoms with E-state index in [-0.39, 0.29) is 22.9 Å². The van der Waals surface area contributed by atoms with Gasteiger partial charge in [0.25, 0.3) is 11.8 Å². The number of carbonyl (C=O) groups excluding carboxylic acids is 1. The zero-order valence-electron chi connectivity index (χ0n) is 10.6. The van der Waals surface area contributed by atoms with Crippen molar-refractivity contribution in [3.63, 3.8) is 0 Å². The lowest BCUT2D eigenvalue weighted by Crippen LogP contribution is -2.41. The Hall–Kier alpha value is -1.25. The molecular weight excluding hydrogens is 314 g/mol. The molecule has 0 bridgehead atoms. The molecule has 0 aromatic heterocycles. The third kappa shape index (κ3) is 5.40. The van der Waals surface area contributed by atoms with Gasteiger partial charge in [-0.05, 0) is 24.3 Å². The molecule has 0 aliphatic heterocycles. The first-order valence-electron chi connectivity index (χ1n) is 5.32. The molecule has 1 aromatic carbocycles. The number of benzene rings is 1. The maximum absolute atomic E-state index is 12.8. The number of carbonyl (C=O) groups is 1. The molecule has 0 aliphatic rings. The highest BCUT2D eigenvalue weighted by molar-refractivity contribution is 7.90. The number of amides is 1. The molecule has 0 fully saturated rings. The van der Waals surface area contributed by atoms with Gasteiger partial charge in [0.15, 0.2) is 9.84 Å². The van der Waals surface area contributed by atoms with Crippen LogP contribution in [0.3, 0.4) is 0 Å². The molecule has 3 N–H and O–H groups in total. The van der Waals surface area contributed by atoms with Crippen LogP contribution in [0.25, 0.3) is 0 Å². The van der Waals surface area contributed by atoms with E-state index >= 15 is 0 Å². The normalized spacial score (nSPS) is 11.6. The van der Waals surface area contributed by atoms with Crippen molar-refractivity contribution in [1.29, 1.82) is 0 Å². The monoisotopic (exact) mass is 328 g/mol. The molecule has 0 spiro atoms. The van der Waals surface area contributed by atoms with Crippen LogP contribution in [0.15, 0.2) is 29.2 Å². The molecule has 114 valence electrons. The number of hydrogen-bond acceptors (Lipinski definition) is 4. The topological polar surface area (TPSA) is 89.3 Å². The second kappa shape index (κ2) is 6.96. The number of sulfone groups is 1. The number of alkyl halides is 2. The summed E-state index contributed by atoms with van der Waals surface area (Å²) in [6.45, 7) is -1.73. The van der Waals surface area contributed by atoms with Gasteiger partial charge in [0.1, 0.15) is 0 Å². The van der Waals surface area contributed by atoms with E-state index in [0.29, 0.717) is 0 Å². The molecule has 0 saturated carbocycles. The minimum absolute atomic E-state index is 0. The van der Waals surface area contributed by atoms with Gasteiger partial charge in [-0.1, -0.05) is 0 Å². The summed E-state index contributed by atoms with van der Waals surface area (Å²) >= 11 is 0. The largest absolute Gasteiger partial charge is 0.346 e. The Morgan fingerprint density at radius 3 is 2.20 bits per heavy atom. The van der Waals surface area contributed by atoms with Gasteiger partial charge >= 0.3 is 0 Å². The van der Waals surface area contributed by atoms with Gasteiger partial charge in [0.2, 0.25) is 0 Å². The molecule has 1 rings (SSSR count). The maximum atomic E-state index is 12.8. The van der Waals surface area contributed by atoms with Crippen LogP contribution in [0, 0.1) is 0 Å². The summed E-state index contributed by atoms with van der Waals surface area (Å²) in [5.74, 6) is -3.88. The number of hydrogen-bond donors (Lipinski definition) is 2. The predicted octanol–water partition coefficient (Wildman–Crippen LogP) is 0.836. The van der Waals surface area contributed by atoms with Crippen LogP contribution in [-0.4, -0.2) is 39.6 Å². The molecule has 0 aliphatic carbocycles. The van der Waals surface area contributed by atoms with E-state index in [2.05, 4.69) is 0 Å². The van der Waals surface area contributed by atoms with E-state index in [9.17, 15) is 22.0 Å². The minimum Gasteiger partial charge on any atom is -0.346 e. The summed E-state index contributed by atoms with van der Waals surface area (Å²) < 4.78 is 48.1. The van der Waals surface area contributed by atoms with Crippen LogP contribution >= 0.6 is 12.4 Å². The van der Waals surface area contributed by atoms with Crippen LogP contribution in [0.5, 0.6) is 0 Å².